The van der Waals surface area contributed by atoms with Gasteiger partial charge in [0.05, 0.1) is 19.0 Å². The van der Waals surface area contributed by atoms with Crippen molar-refractivity contribution in [3.63, 3.8) is 0 Å². The second-order valence-electron chi connectivity index (χ2n) is 7.18. The molecule has 2 aromatic rings. The number of carbonyl (C=O) groups excluding carboxylic acids is 1. The lowest BCUT2D eigenvalue weighted by Gasteiger charge is -2.15. The van der Waals surface area contributed by atoms with Crippen molar-refractivity contribution in [2.24, 2.45) is 5.14 Å². The van der Waals surface area contributed by atoms with Gasteiger partial charge in [0.25, 0.3) is 0 Å². The maximum absolute atomic E-state index is 12.3. The summed E-state index contributed by atoms with van der Waals surface area (Å²) in [6.45, 7) is -0.502. The third-order valence-electron chi connectivity index (χ3n) is 4.75. The quantitative estimate of drug-likeness (QED) is 0.208. The van der Waals surface area contributed by atoms with Crippen LogP contribution in [0.4, 0.5) is 10.6 Å². The summed E-state index contributed by atoms with van der Waals surface area (Å²) in [6.07, 6.45) is -1.23. The molecule has 3 heterocycles. The number of amides is 2. The first kappa shape index (κ1) is 25.2. The van der Waals surface area contributed by atoms with Crippen molar-refractivity contribution in [1.29, 1.82) is 0 Å². The van der Waals surface area contributed by atoms with Gasteiger partial charge in [0, 0.05) is 12.8 Å². The molecule has 3 rings (SSSR count). The van der Waals surface area contributed by atoms with Crippen molar-refractivity contribution in [2.45, 2.75) is 43.7 Å². The van der Waals surface area contributed by atoms with Crippen LogP contribution in [0.2, 0.25) is 0 Å². The molecule has 18 heteroatoms. The lowest BCUT2D eigenvalue weighted by atomic mass is 10.1. The molecule has 1 saturated heterocycles. The van der Waals surface area contributed by atoms with Crippen LogP contribution in [-0.4, -0.2) is 86.1 Å². The van der Waals surface area contributed by atoms with E-state index in [0.717, 1.165) is 6.33 Å². The van der Waals surface area contributed by atoms with Crippen LogP contribution < -0.4 is 15.8 Å². The molecule has 0 aromatic carbocycles. The lowest BCUT2D eigenvalue weighted by molar-refractivity contribution is -0.140. The van der Waals surface area contributed by atoms with E-state index < -0.39 is 65.8 Å². The molecule has 2 amide bonds. The third-order valence-corrected chi connectivity index (χ3v) is 5.22. The number of nitrogens with two attached hydrogens (primary N) is 1. The lowest BCUT2D eigenvalue weighted by Crippen LogP contribution is -2.43. The second-order valence-corrected chi connectivity index (χ2v) is 8.40. The van der Waals surface area contributed by atoms with Crippen molar-refractivity contribution in [3.05, 3.63) is 12.7 Å². The fraction of sp³-hybridized carbons (Fsp3) is 0.500. The molecule has 0 spiro atoms. The summed E-state index contributed by atoms with van der Waals surface area (Å²) in [6, 6.07) is -2.41. The SMILES string of the molecule is NS(=O)(=O)OC[C@H]1O[C@@H](n2cnc3c(NC(=O)N[C@@H](CCC(=O)O)C(=O)O)ncnc32)C[C@@H]1O. The molecule has 17 nitrogen and oxygen atoms in total. The number of rotatable bonds is 10. The monoisotopic (exact) mass is 503 g/mol. The van der Waals surface area contributed by atoms with Crippen molar-refractivity contribution < 1.29 is 47.0 Å². The Hall–Kier alpha value is -3.45. The van der Waals surface area contributed by atoms with Gasteiger partial charge in [-0.15, -0.1) is 0 Å². The number of aromatic nitrogens is 4. The Morgan fingerprint density at radius 3 is 2.68 bits per heavy atom. The number of aliphatic hydroxyl groups excluding tert-OH is 1. The van der Waals surface area contributed by atoms with E-state index in [2.05, 4.69) is 29.8 Å². The molecule has 1 aliphatic heterocycles. The molecule has 34 heavy (non-hydrogen) atoms. The average molecular weight is 503 g/mol. The highest BCUT2D eigenvalue weighted by molar-refractivity contribution is 7.84. The van der Waals surface area contributed by atoms with Crippen LogP contribution in [0.5, 0.6) is 0 Å². The van der Waals surface area contributed by atoms with Crippen LogP contribution in [0.1, 0.15) is 25.5 Å². The van der Waals surface area contributed by atoms with Crippen LogP contribution in [0.15, 0.2) is 12.7 Å². The molecule has 1 fully saturated rings. The topological polar surface area (TPSA) is 258 Å². The number of nitrogens with zero attached hydrogens (tertiary/aromatic N) is 4. The number of anilines is 1. The number of carboxylic acid groups (broad SMARTS) is 2. The van der Waals surface area contributed by atoms with E-state index >= 15 is 0 Å². The number of hydrogen-bond donors (Lipinski definition) is 6. The highest BCUT2D eigenvalue weighted by Gasteiger charge is 2.37. The van der Waals surface area contributed by atoms with Crippen LogP contribution in [0.25, 0.3) is 11.2 Å². The van der Waals surface area contributed by atoms with Gasteiger partial charge in [0.2, 0.25) is 0 Å². The smallest absolute Gasteiger partial charge is 0.333 e. The minimum atomic E-state index is -4.22. The van der Waals surface area contributed by atoms with Gasteiger partial charge in [-0.05, 0) is 6.42 Å². The number of fused-ring (bicyclic) bond motifs is 1. The van der Waals surface area contributed by atoms with Crippen molar-refractivity contribution >= 4 is 45.3 Å². The van der Waals surface area contributed by atoms with Gasteiger partial charge in [-0.1, -0.05) is 0 Å². The van der Waals surface area contributed by atoms with Gasteiger partial charge in [-0.3, -0.25) is 18.9 Å². The highest BCUT2D eigenvalue weighted by Crippen LogP contribution is 2.32. The van der Waals surface area contributed by atoms with Gasteiger partial charge in [-0.2, -0.15) is 8.42 Å². The van der Waals surface area contributed by atoms with E-state index in [1.54, 1.807) is 0 Å². The van der Waals surface area contributed by atoms with E-state index in [4.69, 9.17) is 20.1 Å². The van der Waals surface area contributed by atoms with Gasteiger partial charge < -0.3 is 25.4 Å². The number of aliphatic hydroxyl groups is 1. The number of carbonyl (C=O) groups is 3. The van der Waals surface area contributed by atoms with Gasteiger partial charge in [-0.25, -0.2) is 29.7 Å². The molecule has 0 bridgehead atoms. The standard InChI is InChI=1S/C16H21N7O10S/c17-34(30,31)32-4-9-8(24)3-10(33-9)23-6-20-12-13(18-5-19-14(12)23)22-16(29)21-7(15(27)28)1-2-11(25)26/h5-10,24H,1-4H2,(H,25,26)(H,27,28)(H2,17,30,31)(H2,18,19,21,22,29)/t7-,8-,9+,10+/m0/s1. The molecule has 1 aliphatic rings. The molecule has 4 atom stereocenters. The Morgan fingerprint density at radius 1 is 1.29 bits per heavy atom. The summed E-state index contributed by atoms with van der Waals surface area (Å²) in [5, 5.41) is 37.3. The molecule has 0 unspecified atom stereocenters. The predicted octanol–water partition coefficient (Wildman–Crippen LogP) is -1.87. The average Bonchev–Trinajstić information content (AvgIpc) is 3.32. The van der Waals surface area contributed by atoms with Crippen LogP contribution in [0.3, 0.4) is 0 Å². The molecule has 2 aromatic heterocycles. The number of nitrogens with one attached hydrogen (secondary N) is 2. The number of ether oxygens (including phenoxy) is 1. The van der Waals surface area contributed by atoms with Gasteiger partial charge in [0.15, 0.2) is 17.0 Å². The molecule has 0 saturated carbocycles. The Kier molecular flexibility index (Phi) is 7.57. The zero-order valence-electron chi connectivity index (χ0n) is 17.3. The molecule has 186 valence electrons. The van der Waals surface area contributed by atoms with Crippen molar-refractivity contribution in [3.8, 4) is 0 Å². The second kappa shape index (κ2) is 10.2. The Balaban J connectivity index is 1.71. The molecule has 0 radical (unpaired) electrons. The minimum absolute atomic E-state index is 0.0429. The summed E-state index contributed by atoms with van der Waals surface area (Å²) in [7, 11) is -4.22. The van der Waals surface area contributed by atoms with Gasteiger partial charge >= 0.3 is 28.3 Å². The Bertz CT molecular complexity index is 1190. The van der Waals surface area contributed by atoms with Gasteiger partial charge in [0.1, 0.15) is 24.7 Å². The first-order valence-corrected chi connectivity index (χ1v) is 11.1. The minimum Gasteiger partial charge on any atom is -0.481 e. The fourth-order valence-corrected chi connectivity index (χ4v) is 3.50. The van der Waals surface area contributed by atoms with Crippen LogP contribution in [0, 0.1) is 0 Å². The summed E-state index contributed by atoms with van der Waals surface area (Å²) < 4.78 is 33.4. The van der Waals surface area contributed by atoms with E-state index in [1.807, 2.05) is 0 Å². The van der Waals surface area contributed by atoms with E-state index in [0.29, 0.717) is 0 Å². The summed E-state index contributed by atoms with van der Waals surface area (Å²) in [5.74, 6) is -2.70. The fourth-order valence-electron chi connectivity index (χ4n) is 3.18. The van der Waals surface area contributed by atoms with E-state index in [-0.39, 0.29) is 29.8 Å². The molecule has 0 aliphatic carbocycles. The Morgan fingerprint density at radius 2 is 2.03 bits per heavy atom. The Labute approximate surface area is 191 Å². The zero-order valence-corrected chi connectivity index (χ0v) is 18.1. The van der Waals surface area contributed by atoms with Crippen molar-refractivity contribution in [2.75, 3.05) is 11.9 Å². The third kappa shape index (κ3) is 6.32. The summed E-state index contributed by atoms with van der Waals surface area (Å²) >= 11 is 0. The zero-order chi connectivity index (χ0) is 25.0. The van der Waals surface area contributed by atoms with E-state index in [9.17, 15) is 27.9 Å². The van der Waals surface area contributed by atoms with Crippen LogP contribution in [-0.2, 0) is 28.8 Å². The summed E-state index contributed by atoms with van der Waals surface area (Å²) in [4.78, 5) is 46.3. The number of aliphatic carboxylic acids is 2. The van der Waals surface area contributed by atoms with Crippen LogP contribution >= 0.6 is 0 Å². The highest BCUT2D eigenvalue weighted by atomic mass is 32.2. The normalized spacial score (nSPS) is 21.3. The molecular weight excluding hydrogens is 482 g/mol. The first-order valence-electron chi connectivity index (χ1n) is 9.65. The molecular formula is C16H21N7O10S. The number of hydrogen-bond acceptors (Lipinski definition) is 11. The van der Waals surface area contributed by atoms with Crippen molar-refractivity contribution in [1.82, 2.24) is 24.8 Å². The number of carboxylic acids is 2. The maximum atomic E-state index is 12.3. The maximum Gasteiger partial charge on any atom is 0.333 e. The predicted molar refractivity (Wildman–Crippen MR) is 109 cm³/mol. The first-order chi connectivity index (χ1) is 15.9. The van der Waals surface area contributed by atoms with E-state index in [1.165, 1.54) is 10.9 Å². The molecule has 7 N–H and O–H groups in total. The number of urea groups is 1. The number of imidazole rings is 1. The largest absolute Gasteiger partial charge is 0.481 e. The summed E-state index contributed by atoms with van der Waals surface area (Å²) in [5.41, 5.74) is 0.300.